The molecule has 9 nitrogen and oxygen atoms in total. The molecular formula is C14H20N6O3S. The maximum absolute atomic E-state index is 12.9. The normalized spacial score (nSPS) is 23.7. The first kappa shape index (κ1) is 15.7. The molecule has 0 amide bonds. The SMILES string of the molecule is CN1CCN(S(=O)(=O)c2ccnn2C)CC1c1nc(C2CC2)no1. The monoisotopic (exact) mass is 352 g/mol. The van der Waals surface area contributed by atoms with Gasteiger partial charge in [0.15, 0.2) is 10.9 Å². The summed E-state index contributed by atoms with van der Waals surface area (Å²) < 4.78 is 34.0. The van der Waals surface area contributed by atoms with E-state index in [0.29, 0.717) is 24.9 Å². The first-order valence-electron chi connectivity index (χ1n) is 7.98. The second-order valence-electron chi connectivity index (χ2n) is 6.42. The number of likely N-dealkylation sites (N-methyl/N-ethyl adjacent to an activating group) is 1. The van der Waals surface area contributed by atoms with Gasteiger partial charge < -0.3 is 4.52 Å². The number of nitrogens with zero attached hydrogens (tertiary/aromatic N) is 6. The van der Waals surface area contributed by atoms with Gasteiger partial charge in [0.05, 0.1) is 6.20 Å². The third-order valence-corrected chi connectivity index (χ3v) is 6.62. The van der Waals surface area contributed by atoms with Crippen LogP contribution in [0, 0.1) is 0 Å². The average molecular weight is 352 g/mol. The lowest BCUT2D eigenvalue weighted by Crippen LogP contribution is -2.49. The van der Waals surface area contributed by atoms with Crippen LogP contribution in [0.4, 0.5) is 0 Å². The van der Waals surface area contributed by atoms with Crippen molar-refractivity contribution in [1.29, 1.82) is 0 Å². The summed E-state index contributed by atoms with van der Waals surface area (Å²) in [5.41, 5.74) is 0. The van der Waals surface area contributed by atoms with E-state index >= 15 is 0 Å². The summed E-state index contributed by atoms with van der Waals surface area (Å²) in [6.07, 6.45) is 3.68. The van der Waals surface area contributed by atoms with Gasteiger partial charge in [0.1, 0.15) is 6.04 Å². The molecule has 10 heteroatoms. The highest BCUT2D eigenvalue weighted by Gasteiger charge is 2.38. The molecule has 1 aliphatic carbocycles. The minimum absolute atomic E-state index is 0.190. The highest BCUT2D eigenvalue weighted by Crippen LogP contribution is 2.39. The Labute approximate surface area is 140 Å². The van der Waals surface area contributed by atoms with Gasteiger partial charge in [0, 0.05) is 32.6 Å². The fraction of sp³-hybridized carbons (Fsp3) is 0.643. The highest BCUT2D eigenvalue weighted by molar-refractivity contribution is 7.89. The van der Waals surface area contributed by atoms with Crippen molar-refractivity contribution in [2.75, 3.05) is 26.7 Å². The number of aryl methyl sites for hydroxylation is 1. The number of hydrogen-bond donors (Lipinski definition) is 0. The standard InChI is InChI=1S/C14H20N6O3S/c1-18-7-8-20(24(21,22)12-5-6-15-19(12)2)9-11(18)14-16-13(17-23-14)10-3-4-10/h5-6,10-11H,3-4,7-9H2,1-2H3. The van der Waals surface area contributed by atoms with Crippen LogP contribution >= 0.6 is 0 Å². The van der Waals surface area contributed by atoms with E-state index < -0.39 is 10.0 Å². The van der Waals surface area contributed by atoms with Crippen LogP contribution < -0.4 is 0 Å². The number of hydrogen-bond acceptors (Lipinski definition) is 7. The van der Waals surface area contributed by atoms with E-state index in [1.807, 2.05) is 7.05 Å². The molecule has 1 unspecified atom stereocenters. The molecule has 0 aromatic carbocycles. The van der Waals surface area contributed by atoms with Crippen LogP contribution in [0.3, 0.4) is 0 Å². The molecule has 24 heavy (non-hydrogen) atoms. The van der Waals surface area contributed by atoms with Crippen LogP contribution in [0.15, 0.2) is 21.8 Å². The van der Waals surface area contributed by atoms with Gasteiger partial charge in [0.25, 0.3) is 10.0 Å². The summed E-state index contributed by atoms with van der Waals surface area (Å²) in [7, 11) is -0.0241. The predicted molar refractivity (Wildman–Crippen MR) is 83.6 cm³/mol. The zero-order valence-corrected chi connectivity index (χ0v) is 14.5. The van der Waals surface area contributed by atoms with E-state index in [0.717, 1.165) is 18.7 Å². The first-order valence-corrected chi connectivity index (χ1v) is 9.42. The quantitative estimate of drug-likeness (QED) is 0.783. The van der Waals surface area contributed by atoms with Crippen LogP contribution in [0.1, 0.15) is 36.5 Å². The molecular weight excluding hydrogens is 332 g/mol. The highest BCUT2D eigenvalue weighted by atomic mass is 32.2. The Morgan fingerprint density at radius 3 is 2.71 bits per heavy atom. The molecule has 0 bridgehead atoms. The number of rotatable bonds is 4. The Morgan fingerprint density at radius 2 is 2.04 bits per heavy atom. The van der Waals surface area contributed by atoms with Gasteiger partial charge in [-0.2, -0.15) is 14.4 Å². The molecule has 2 fully saturated rings. The topological polar surface area (TPSA) is 97.4 Å². The molecule has 130 valence electrons. The summed E-state index contributed by atoms with van der Waals surface area (Å²) in [6, 6.07) is 1.28. The maximum Gasteiger partial charge on any atom is 0.260 e. The molecule has 1 atom stereocenters. The van der Waals surface area contributed by atoms with E-state index in [2.05, 4.69) is 20.1 Å². The molecule has 1 saturated heterocycles. The number of piperazine rings is 1. The Bertz CT molecular complexity index is 840. The third-order valence-electron chi connectivity index (χ3n) is 4.68. The molecule has 0 spiro atoms. The Hall–Kier alpha value is -1.78. The van der Waals surface area contributed by atoms with Crippen molar-refractivity contribution in [2.45, 2.75) is 29.8 Å². The van der Waals surface area contributed by atoms with Crippen molar-refractivity contribution in [1.82, 2.24) is 29.1 Å². The van der Waals surface area contributed by atoms with Crippen LogP contribution in [0.5, 0.6) is 0 Å². The summed E-state index contributed by atoms with van der Waals surface area (Å²) in [6.45, 7) is 1.31. The molecule has 2 aromatic heterocycles. The lowest BCUT2D eigenvalue weighted by atomic mass is 10.2. The third kappa shape index (κ3) is 2.64. The predicted octanol–water partition coefficient (Wildman–Crippen LogP) is 0.358. The summed E-state index contributed by atoms with van der Waals surface area (Å²) in [5, 5.41) is 8.19. The lowest BCUT2D eigenvalue weighted by molar-refractivity contribution is 0.120. The Balaban J connectivity index is 1.59. The van der Waals surface area contributed by atoms with Crippen LogP contribution in [0.2, 0.25) is 0 Å². The average Bonchev–Trinajstić information content (AvgIpc) is 3.11. The van der Waals surface area contributed by atoms with Crippen molar-refractivity contribution in [2.24, 2.45) is 7.05 Å². The second kappa shape index (κ2) is 5.64. The Morgan fingerprint density at radius 1 is 1.25 bits per heavy atom. The maximum atomic E-state index is 12.9. The van der Waals surface area contributed by atoms with Gasteiger partial charge in [-0.1, -0.05) is 5.16 Å². The molecule has 0 radical (unpaired) electrons. The smallest absolute Gasteiger partial charge is 0.260 e. The minimum atomic E-state index is -3.59. The van der Waals surface area contributed by atoms with E-state index in [1.54, 1.807) is 7.05 Å². The Kier molecular flexibility index (Phi) is 3.70. The van der Waals surface area contributed by atoms with E-state index in [-0.39, 0.29) is 17.6 Å². The molecule has 1 saturated carbocycles. The molecule has 1 aliphatic heterocycles. The van der Waals surface area contributed by atoms with E-state index in [1.165, 1.54) is 21.3 Å². The molecule has 2 aliphatic rings. The van der Waals surface area contributed by atoms with E-state index in [4.69, 9.17) is 4.52 Å². The van der Waals surface area contributed by atoms with Crippen molar-refractivity contribution in [3.05, 3.63) is 24.0 Å². The van der Waals surface area contributed by atoms with Crippen molar-refractivity contribution in [3.63, 3.8) is 0 Å². The van der Waals surface area contributed by atoms with Crippen LogP contribution in [0.25, 0.3) is 0 Å². The van der Waals surface area contributed by atoms with Gasteiger partial charge in [-0.15, -0.1) is 0 Å². The molecule has 2 aromatic rings. The van der Waals surface area contributed by atoms with Gasteiger partial charge in [-0.3, -0.25) is 9.58 Å². The largest absolute Gasteiger partial charge is 0.338 e. The second-order valence-corrected chi connectivity index (χ2v) is 8.30. The lowest BCUT2D eigenvalue weighted by Gasteiger charge is -2.36. The fourth-order valence-corrected chi connectivity index (χ4v) is 4.51. The minimum Gasteiger partial charge on any atom is -0.338 e. The van der Waals surface area contributed by atoms with Gasteiger partial charge in [-0.05, 0) is 26.0 Å². The van der Waals surface area contributed by atoms with Crippen molar-refractivity contribution in [3.8, 4) is 0 Å². The number of sulfonamides is 1. The van der Waals surface area contributed by atoms with Gasteiger partial charge >= 0.3 is 0 Å². The van der Waals surface area contributed by atoms with Crippen molar-refractivity contribution >= 4 is 10.0 Å². The summed E-state index contributed by atoms with van der Waals surface area (Å²) >= 11 is 0. The molecule has 0 N–H and O–H groups in total. The van der Waals surface area contributed by atoms with Crippen LogP contribution in [-0.2, 0) is 17.1 Å². The number of aromatic nitrogens is 4. The van der Waals surface area contributed by atoms with E-state index in [9.17, 15) is 8.42 Å². The zero-order valence-electron chi connectivity index (χ0n) is 13.7. The summed E-state index contributed by atoms with van der Waals surface area (Å²) in [4.78, 5) is 6.54. The van der Waals surface area contributed by atoms with Crippen LogP contribution in [-0.4, -0.2) is 64.2 Å². The summed E-state index contributed by atoms with van der Waals surface area (Å²) in [5.74, 6) is 1.64. The van der Waals surface area contributed by atoms with Gasteiger partial charge in [0.2, 0.25) is 5.89 Å². The zero-order chi connectivity index (χ0) is 16.9. The molecule has 4 rings (SSSR count). The fourth-order valence-electron chi connectivity index (χ4n) is 2.97. The first-order chi connectivity index (χ1) is 11.5. The van der Waals surface area contributed by atoms with Crippen molar-refractivity contribution < 1.29 is 12.9 Å². The molecule has 3 heterocycles. The van der Waals surface area contributed by atoms with Gasteiger partial charge in [-0.25, -0.2) is 8.42 Å².